The van der Waals surface area contributed by atoms with E-state index in [0.29, 0.717) is 23.2 Å². The third-order valence-electron chi connectivity index (χ3n) is 5.73. The highest BCUT2D eigenvalue weighted by molar-refractivity contribution is 5.93. The third kappa shape index (κ3) is 3.56. The van der Waals surface area contributed by atoms with Crippen molar-refractivity contribution in [2.45, 2.75) is 63.6 Å². The summed E-state index contributed by atoms with van der Waals surface area (Å²) in [5.41, 5.74) is 0.976. The second-order valence-corrected chi connectivity index (χ2v) is 7.64. The van der Waals surface area contributed by atoms with Crippen molar-refractivity contribution in [3.8, 4) is 0 Å². The van der Waals surface area contributed by atoms with E-state index in [4.69, 9.17) is 4.74 Å². The number of piperidine rings is 1. The molecular formula is C20H27NO4. The lowest BCUT2D eigenvalue weighted by Crippen LogP contribution is -2.42. The van der Waals surface area contributed by atoms with E-state index < -0.39 is 17.9 Å². The van der Waals surface area contributed by atoms with E-state index in [0.717, 1.165) is 25.7 Å². The Morgan fingerprint density at radius 3 is 2.32 bits per heavy atom. The highest BCUT2D eigenvalue weighted by Crippen LogP contribution is 2.44. The van der Waals surface area contributed by atoms with E-state index in [1.54, 1.807) is 38.1 Å². The largest absolute Gasteiger partial charge is 0.481 e. The SMILES string of the molecule is CC(C)OC(=O)c1ccccc1C(C(=O)O)C1CC2CCC(C1)N2C. The van der Waals surface area contributed by atoms with Gasteiger partial charge in [-0.25, -0.2) is 4.79 Å². The van der Waals surface area contributed by atoms with Crippen molar-refractivity contribution in [3.63, 3.8) is 0 Å². The second-order valence-electron chi connectivity index (χ2n) is 7.64. The molecule has 1 aromatic rings. The molecule has 0 radical (unpaired) electrons. The molecule has 0 spiro atoms. The van der Waals surface area contributed by atoms with Crippen molar-refractivity contribution in [1.82, 2.24) is 4.90 Å². The van der Waals surface area contributed by atoms with Gasteiger partial charge in [-0.05, 0) is 64.1 Å². The minimum Gasteiger partial charge on any atom is -0.481 e. The van der Waals surface area contributed by atoms with Crippen molar-refractivity contribution < 1.29 is 19.4 Å². The van der Waals surface area contributed by atoms with Crippen LogP contribution in [0.1, 0.15) is 61.4 Å². The van der Waals surface area contributed by atoms with E-state index >= 15 is 0 Å². The van der Waals surface area contributed by atoms with Gasteiger partial charge in [-0.1, -0.05) is 18.2 Å². The number of carbonyl (C=O) groups excluding carboxylic acids is 1. The lowest BCUT2D eigenvalue weighted by Gasteiger charge is -2.39. The van der Waals surface area contributed by atoms with Crippen LogP contribution < -0.4 is 0 Å². The van der Waals surface area contributed by atoms with Gasteiger partial charge in [-0.2, -0.15) is 0 Å². The van der Waals surface area contributed by atoms with Crippen molar-refractivity contribution in [2.24, 2.45) is 5.92 Å². The molecule has 2 saturated heterocycles. The predicted octanol–water partition coefficient (Wildman–Crippen LogP) is 3.29. The van der Waals surface area contributed by atoms with Crippen LogP contribution in [0.25, 0.3) is 0 Å². The van der Waals surface area contributed by atoms with Gasteiger partial charge >= 0.3 is 11.9 Å². The maximum Gasteiger partial charge on any atom is 0.338 e. The Hall–Kier alpha value is -1.88. The average Bonchev–Trinajstić information content (AvgIpc) is 2.76. The molecule has 2 aliphatic rings. The summed E-state index contributed by atoms with van der Waals surface area (Å²) in [6.45, 7) is 3.59. The minimum atomic E-state index is -0.848. The van der Waals surface area contributed by atoms with Crippen molar-refractivity contribution in [2.75, 3.05) is 7.05 Å². The zero-order valence-corrected chi connectivity index (χ0v) is 15.1. The number of carbonyl (C=O) groups is 2. The summed E-state index contributed by atoms with van der Waals surface area (Å²) in [4.78, 5) is 27.0. The van der Waals surface area contributed by atoms with Gasteiger partial charge in [0.05, 0.1) is 17.6 Å². The number of nitrogens with zero attached hydrogens (tertiary/aromatic N) is 1. The van der Waals surface area contributed by atoms with E-state index in [1.807, 2.05) is 0 Å². The molecule has 136 valence electrons. The Bertz CT molecular complexity index is 643. The van der Waals surface area contributed by atoms with Crippen molar-refractivity contribution >= 4 is 11.9 Å². The fourth-order valence-corrected chi connectivity index (χ4v) is 4.55. The molecule has 0 saturated carbocycles. The molecule has 0 amide bonds. The predicted molar refractivity (Wildman–Crippen MR) is 94.7 cm³/mol. The number of fused-ring (bicyclic) bond motifs is 2. The second kappa shape index (κ2) is 7.16. The maximum absolute atomic E-state index is 12.5. The molecule has 1 N–H and O–H groups in total. The number of aliphatic carboxylic acids is 1. The summed E-state index contributed by atoms with van der Waals surface area (Å²) >= 11 is 0. The fraction of sp³-hybridized carbons (Fsp3) is 0.600. The highest BCUT2D eigenvalue weighted by atomic mass is 16.5. The van der Waals surface area contributed by atoms with Crippen LogP contribution in [-0.2, 0) is 9.53 Å². The Morgan fingerprint density at radius 1 is 1.16 bits per heavy atom. The van der Waals surface area contributed by atoms with Crippen LogP contribution in [0.15, 0.2) is 24.3 Å². The van der Waals surface area contributed by atoms with Crippen LogP contribution in [0, 0.1) is 5.92 Å². The van der Waals surface area contributed by atoms with Crippen LogP contribution >= 0.6 is 0 Å². The molecule has 0 aliphatic carbocycles. The summed E-state index contributed by atoms with van der Waals surface area (Å²) in [6.07, 6.45) is 3.79. The topological polar surface area (TPSA) is 66.8 Å². The summed E-state index contributed by atoms with van der Waals surface area (Å²) in [6, 6.07) is 7.94. The van der Waals surface area contributed by atoms with Gasteiger partial charge in [0.15, 0.2) is 0 Å². The molecule has 5 heteroatoms. The van der Waals surface area contributed by atoms with Crippen LogP contribution in [0.3, 0.4) is 0 Å². The van der Waals surface area contributed by atoms with Gasteiger partial charge in [-0.15, -0.1) is 0 Å². The molecular weight excluding hydrogens is 318 g/mol. The van der Waals surface area contributed by atoms with E-state index in [9.17, 15) is 14.7 Å². The Balaban J connectivity index is 1.92. The molecule has 25 heavy (non-hydrogen) atoms. The standard InChI is InChI=1S/C20H27NO4/c1-12(2)25-20(24)17-7-5-4-6-16(17)18(19(22)23)13-10-14-8-9-15(11-13)21(14)3/h4-7,12-15,18H,8-11H2,1-3H3,(H,22,23). The Morgan fingerprint density at radius 2 is 1.76 bits per heavy atom. The molecule has 3 rings (SSSR count). The lowest BCUT2D eigenvalue weighted by molar-refractivity contribution is -0.141. The fourth-order valence-electron chi connectivity index (χ4n) is 4.55. The number of carboxylic acids is 1. The molecule has 3 unspecified atom stereocenters. The van der Waals surface area contributed by atoms with Crippen LogP contribution in [-0.4, -0.2) is 47.2 Å². The van der Waals surface area contributed by atoms with Gasteiger partial charge in [0.2, 0.25) is 0 Å². The van der Waals surface area contributed by atoms with Gasteiger partial charge < -0.3 is 14.7 Å². The first kappa shape index (κ1) is 17.9. The van der Waals surface area contributed by atoms with Crippen LogP contribution in [0.2, 0.25) is 0 Å². The summed E-state index contributed by atoms with van der Waals surface area (Å²) in [5.74, 6) is -1.89. The summed E-state index contributed by atoms with van der Waals surface area (Å²) in [7, 11) is 2.14. The number of benzene rings is 1. The molecule has 5 nitrogen and oxygen atoms in total. The molecule has 3 atom stereocenters. The summed E-state index contributed by atoms with van der Waals surface area (Å²) in [5, 5.41) is 9.96. The van der Waals surface area contributed by atoms with Crippen LogP contribution in [0.5, 0.6) is 0 Å². The van der Waals surface area contributed by atoms with Gasteiger partial charge in [-0.3, -0.25) is 4.79 Å². The molecule has 2 bridgehead atoms. The zero-order valence-electron chi connectivity index (χ0n) is 15.1. The van der Waals surface area contributed by atoms with Crippen molar-refractivity contribution in [1.29, 1.82) is 0 Å². The van der Waals surface area contributed by atoms with E-state index in [-0.39, 0.29) is 12.0 Å². The zero-order chi connectivity index (χ0) is 18.1. The molecule has 1 aromatic carbocycles. The number of hydrogen-bond donors (Lipinski definition) is 1. The lowest BCUT2D eigenvalue weighted by atomic mass is 9.76. The number of carboxylic acid groups (broad SMARTS) is 1. The van der Waals surface area contributed by atoms with Gasteiger partial charge in [0, 0.05) is 12.1 Å². The molecule has 2 aliphatic heterocycles. The highest BCUT2D eigenvalue weighted by Gasteiger charge is 2.44. The minimum absolute atomic E-state index is 0.0548. The monoisotopic (exact) mass is 345 g/mol. The average molecular weight is 345 g/mol. The Kier molecular flexibility index (Phi) is 5.13. The van der Waals surface area contributed by atoms with E-state index in [1.165, 1.54) is 0 Å². The summed E-state index contributed by atoms with van der Waals surface area (Å²) < 4.78 is 5.33. The first-order valence-electron chi connectivity index (χ1n) is 9.13. The number of rotatable bonds is 5. The van der Waals surface area contributed by atoms with Crippen molar-refractivity contribution in [3.05, 3.63) is 35.4 Å². The normalized spacial score (nSPS) is 27.3. The van der Waals surface area contributed by atoms with Gasteiger partial charge in [0.25, 0.3) is 0 Å². The molecule has 2 heterocycles. The number of ether oxygens (including phenoxy) is 1. The van der Waals surface area contributed by atoms with Gasteiger partial charge in [0.1, 0.15) is 0 Å². The molecule has 0 aromatic heterocycles. The Labute approximate surface area is 149 Å². The third-order valence-corrected chi connectivity index (χ3v) is 5.73. The van der Waals surface area contributed by atoms with Crippen LogP contribution in [0.4, 0.5) is 0 Å². The quantitative estimate of drug-likeness (QED) is 0.830. The molecule has 2 fully saturated rings. The smallest absolute Gasteiger partial charge is 0.338 e. The first-order chi connectivity index (χ1) is 11.9. The first-order valence-corrected chi connectivity index (χ1v) is 9.13. The number of hydrogen-bond acceptors (Lipinski definition) is 4. The van der Waals surface area contributed by atoms with E-state index in [2.05, 4.69) is 11.9 Å². The maximum atomic E-state index is 12.5. The number of esters is 1.